The van der Waals surface area contributed by atoms with Crippen molar-refractivity contribution in [1.82, 2.24) is 0 Å². The van der Waals surface area contributed by atoms with Crippen molar-refractivity contribution in [1.29, 1.82) is 5.26 Å². The molecule has 1 rings (SSSR count). The zero-order valence-electron chi connectivity index (χ0n) is 8.84. The number of allylic oxidation sites excluding steroid dienone is 1. The topological polar surface area (TPSA) is 49.8 Å². The van der Waals surface area contributed by atoms with E-state index in [1.54, 1.807) is 6.07 Å². The smallest absolute Gasteiger partial charge is 0.0968 e. The normalized spacial score (nSPS) is 11.9. The number of nitrogens with zero attached hydrogens (tertiary/aromatic N) is 1. The second-order valence-corrected chi connectivity index (χ2v) is 3.73. The molecule has 0 aliphatic carbocycles. The minimum Gasteiger partial charge on any atom is -0.397 e. The Labute approximate surface area is 95.0 Å². The molecular formula is C12H13ClN2. The summed E-state index contributed by atoms with van der Waals surface area (Å²) < 4.78 is 0. The third-order valence-corrected chi connectivity index (χ3v) is 2.71. The fourth-order valence-electron chi connectivity index (χ4n) is 1.32. The van der Waals surface area contributed by atoms with Crippen molar-refractivity contribution in [3.05, 3.63) is 39.9 Å². The lowest BCUT2D eigenvalue weighted by molar-refractivity contribution is 1.14. The first-order valence-corrected chi connectivity index (χ1v) is 5.13. The van der Waals surface area contributed by atoms with E-state index >= 15 is 0 Å². The van der Waals surface area contributed by atoms with Gasteiger partial charge < -0.3 is 5.73 Å². The lowest BCUT2D eigenvalue weighted by atomic mass is 10.0. The summed E-state index contributed by atoms with van der Waals surface area (Å²) in [5.74, 6) is 0. The summed E-state index contributed by atoms with van der Waals surface area (Å²) >= 11 is 5.91. The SMILES string of the molecule is CC/C(C#N)=C(/N)c1ccc(Cl)c(C)c1. The van der Waals surface area contributed by atoms with Crippen molar-refractivity contribution in [2.24, 2.45) is 5.73 Å². The lowest BCUT2D eigenvalue weighted by Gasteiger charge is -2.06. The number of nitriles is 1. The Bertz CT molecular complexity index is 441. The number of nitrogens with two attached hydrogens (primary N) is 1. The summed E-state index contributed by atoms with van der Waals surface area (Å²) in [7, 11) is 0. The van der Waals surface area contributed by atoms with Crippen molar-refractivity contribution >= 4 is 17.3 Å². The van der Waals surface area contributed by atoms with E-state index < -0.39 is 0 Å². The van der Waals surface area contributed by atoms with Crippen LogP contribution in [0.4, 0.5) is 0 Å². The van der Waals surface area contributed by atoms with Crippen LogP contribution in [-0.2, 0) is 0 Å². The predicted molar refractivity (Wildman–Crippen MR) is 63.2 cm³/mol. The third-order valence-electron chi connectivity index (χ3n) is 2.28. The molecule has 1 aromatic carbocycles. The summed E-state index contributed by atoms with van der Waals surface area (Å²) in [6.45, 7) is 3.82. The minimum absolute atomic E-state index is 0.541. The Kier molecular flexibility index (Phi) is 3.76. The lowest BCUT2D eigenvalue weighted by Crippen LogP contribution is -2.00. The molecule has 0 amide bonds. The van der Waals surface area contributed by atoms with Crippen LogP contribution >= 0.6 is 11.6 Å². The molecule has 0 radical (unpaired) electrons. The average molecular weight is 221 g/mol. The molecule has 0 aliphatic heterocycles. The highest BCUT2D eigenvalue weighted by molar-refractivity contribution is 6.31. The quantitative estimate of drug-likeness (QED) is 0.778. The first kappa shape index (κ1) is 11.6. The molecule has 15 heavy (non-hydrogen) atoms. The molecule has 0 aliphatic rings. The largest absolute Gasteiger partial charge is 0.397 e. The Balaban J connectivity index is 3.24. The molecule has 0 saturated carbocycles. The Morgan fingerprint density at radius 2 is 2.20 bits per heavy atom. The van der Waals surface area contributed by atoms with Gasteiger partial charge in [0.2, 0.25) is 0 Å². The molecule has 0 unspecified atom stereocenters. The van der Waals surface area contributed by atoms with Gasteiger partial charge in [-0.2, -0.15) is 5.26 Å². The molecule has 2 nitrogen and oxygen atoms in total. The first-order valence-electron chi connectivity index (χ1n) is 4.75. The van der Waals surface area contributed by atoms with E-state index in [9.17, 15) is 0 Å². The maximum absolute atomic E-state index is 8.87. The van der Waals surface area contributed by atoms with Crippen LogP contribution in [0.25, 0.3) is 5.70 Å². The molecule has 0 fully saturated rings. The summed E-state index contributed by atoms with van der Waals surface area (Å²) in [5.41, 5.74) is 8.86. The van der Waals surface area contributed by atoms with Gasteiger partial charge in [0.15, 0.2) is 0 Å². The number of halogens is 1. The maximum atomic E-state index is 8.87. The molecule has 0 atom stereocenters. The van der Waals surface area contributed by atoms with Gasteiger partial charge in [-0.15, -0.1) is 0 Å². The van der Waals surface area contributed by atoms with Gasteiger partial charge in [0.1, 0.15) is 0 Å². The van der Waals surface area contributed by atoms with Gasteiger partial charge in [0, 0.05) is 5.02 Å². The van der Waals surface area contributed by atoms with E-state index in [-0.39, 0.29) is 0 Å². The fraction of sp³-hybridized carbons (Fsp3) is 0.250. The molecule has 78 valence electrons. The molecular weight excluding hydrogens is 208 g/mol. The van der Waals surface area contributed by atoms with Crippen molar-refractivity contribution in [2.75, 3.05) is 0 Å². The minimum atomic E-state index is 0.541. The Morgan fingerprint density at radius 1 is 1.53 bits per heavy atom. The van der Waals surface area contributed by atoms with Crippen LogP contribution in [0.3, 0.4) is 0 Å². The van der Waals surface area contributed by atoms with Crippen LogP contribution < -0.4 is 5.73 Å². The van der Waals surface area contributed by atoms with Gasteiger partial charge in [-0.25, -0.2) is 0 Å². The van der Waals surface area contributed by atoms with E-state index in [2.05, 4.69) is 6.07 Å². The molecule has 0 heterocycles. The number of rotatable bonds is 2. The summed E-state index contributed by atoms with van der Waals surface area (Å²) in [6.07, 6.45) is 0.643. The van der Waals surface area contributed by atoms with Crippen LogP contribution in [0.2, 0.25) is 5.02 Å². The van der Waals surface area contributed by atoms with E-state index in [1.165, 1.54) is 0 Å². The van der Waals surface area contributed by atoms with Gasteiger partial charge in [0.25, 0.3) is 0 Å². The van der Waals surface area contributed by atoms with Gasteiger partial charge in [0.05, 0.1) is 17.3 Å². The molecule has 0 saturated heterocycles. The van der Waals surface area contributed by atoms with Gasteiger partial charge in [-0.05, 0) is 36.6 Å². The summed E-state index contributed by atoms with van der Waals surface area (Å²) in [4.78, 5) is 0. The first-order chi connectivity index (χ1) is 7.10. The number of hydrogen-bond acceptors (Lipinski definition) is 2. The summed E-state index contributed by atoms with van der Waals surface area (Å²) in [6, 6.07) is 7.63. The maximum Gasteiger partial charge on any atom is 0.0968 e. The molecule has 3 heteroatoms. The van der Waals surface area contributed by atoms with Crippen molar-refractivity contribution in [3.8, 4) is 6.07 Å². The third kappa shape index (κ3) is 2.51. The van der Waals surface area contributed by atoms with Crippen LogP contribution in [-0.4, -0.2) is 0 Å². The molecule has 2 N–H and O–H groups in total. The van der Waals surface area contributed by atoms with Crippen LogP contribution in [0.15, 0.2) is 23.8 Å². The number of aryl methyl sites for hydroxylation is 1. The Morgan fingerprint density at radius 3 is 2.67 bits per heavy atom. The van der Waals surface area contributed by atoms with E-state index in [0.29, 0.717) is 22.7 Å². The molecule has 0 aromatic heterocycles. The zero-order valence-corrected chi connectivity index (χ0v) is 9.60. The van der Waals surface area contributed by atoms with E-state index in [4.69, 9.17) is 22.6 Å². The highest BCUT2D eigenvalue weighted by Gasteiger charge is 2.05. The number of hydrogen-bond donors (Lipinski definition) is 1. The predicted octanol–water partition coefficient (Wildman–Crippen LogP) is 3.25. The van der Waals surface area contributed by atoms with Crippen LogP contribution in [0, 0.1) is 18.3 Å². The van der Waals surface area contributed by atoms with Crippen molar-refractivity contribution < 1.29 is 0 Å². The Hall–Kier alpha value is -1.46. The van der Waals surface area contributed by atoms with Crippen molar-refractivity contribution in [3.63, 3.8) is 0 Å². The summed E-state index contributed by atoms with van der Waals surface area (Å²) in [5, 5.41) is 9.58. The average Bonchev–Trinajstić information content (AvgIpc) is 2.23. The standard InChI is InChI=1S/C12H13ClN2/c1-3-9(7-14)12(15)10-4-5-11(13)8(2)6-10/h4-6H,3,15H2,1-2H3/b12-9-. The second-order valence-electron chi connectivity index (χ2n) is 3.32. The van der Waals surface area contributed by atoms with Gasteiger partial charge in [-0.3, -0.25) is 0 Å². The zero-order chi connectivity index (χ0) is 11.4. The second kappa shape index (κ2) is 4.86. The highest BCUT2D eigenvalue weighted by Crippen LogP contribution is 2.21. The number of benzene rings is 1. The van der Waals surface area contributed by atoms with Crippen molar-refractivity contribution in [2.45, 2.75) is 20.3 Å². The molecule has 1 aromatic rings. The molecule has 0 spiro atoms. The molecule has 0 bridgehead atoms. The van der Waals surface area contributed by atoms with Gasteiger partial charge >= 0.3 is 0 Å². The monoisotopic (exact) mass is 220 g/mol. The van der Waals surface area contributed by atoms with E-state index in [1.807, 2.05) is 26.0 Å². The van der Waals surface area contributed by atoms with Gasteiger partial charge in [-0.1, -0.05) is 24.6 Å². The van der Waals surface area contributed by atoms with E-state index in [0.717, 1.165) is 11.1 Å². The highest BCUT2D eigenvalue weighted by atomic mass is 35.5. The van der Waals surface area contributed by atoms with Crippen LogP contribution in [0.1, 0.15) is 24.5 Å². The van der Waals surface area contributed by atoms with Crippen LogP contribution in [0.5, 0.6) is 0 Å². The fourth-order valence-corrected chi connectivity index (χ4v) is 1.43.